The molecular formula is C49H82N2O16. The molecule has 4 heterocycles. The van der Waals surface area contributed by atoms with Crippen LogP contribution in [0.5, 0.6) is 0 Å². The molecule has 19 atom stereocenters. The van der Waals surface area contributed by atoms with Gasteiger partial charge < -0.3 is 72.2 Å². The van der Waals surface area contributed by atoms with Crippen molar-refractivity contribution in [1.29, 1.82) is 0 Å². The molecule has 0 saturated carbocycles. The Morgan fingerprint density at radius 1 is 0.896 bits per heavy atom. The second kappa shape index (κ2) is 25.8. The number of rotatable bonds is 14. The van der Waals surface area contributed by atoms with Crippen LogP contribution >= 0.6 is 0 Å². The maximum Gasteiger partial charge on any atom is 0.309 e. The number of hydrogen-bond acceptors (Lipinski definition) is 18. The van der Waals surface area contributed by atoms with E-state index in [1.165, 1.54) is 14.0 Å². The Morgan fingerprint density at radius 2 is 1.58 bits per heavy atom. The highest BCUT2D eigenvalue weighted by Gasteiger charge is 2.53. The van der Waals surface area contributed by atoms with E-state index >= 15 is 0 Å². The van der Waals surface area contributed by atoms with E-state index in [2.05, 4.69) is 4.90 Å². The van der Waals surface area contributed by atoms with Gasteiger partial charge in [-0.3, -0.25) is 14.4 Å². The van der Waals surface area contributed by atoms with Gasteiger partial charge in [-0.15, -0.1) is 0 Å². The molecule has 0 aromatic heterocycles. The molecule has 3 fully saturated rings. The number of carbonyl (C=O) groups is 4. The maximum atomic E-state index is 13.5. The molecule has 4 aliphatic rings. The lowest BCUT2D eigenvalue weighted by Gasteiger charge is -2.50. The van der Waals surface area contributed by atoms with Crippen molar-refractivity contribution >= 4 is 24.2 Å². The van der Waals surface area contributed by atoms with Gasteiger partial charge in [0.25, 0.3) is 0 Å². The van der Waals surface area contributed by atoms with Crippen LogP contribution in [0.1, 0.15) is 107 Å². The van der Waals surface area contributed by atoms with E-state index in [4.69, 9.17) is 47.4 Å². The van der Waals surface area contributed by atoms with Crippen molar-refractivity contribution in [2.45, 2.75) is 211 Å². The largest absolute Gasteiger partial charge is 0.462 e. The van der Waals surface area contributed by atoms with Crippen LogP contribution in [0.3, 0.4) is 0 Å². The number of esters is 3. The molecule has 0 aromatic rings. The lowest BCUT2D eigenvalue weighted by molar-refractivity contribution is -0.344. The minimum absolute atomic E-state index is 0.0483. The molecule has 3 saturated heterocycles. The summed E-state index contributed by atoms with van der Waals surface area (Å²) in [6.07, 6.45) is -1.98. The third kappa shape index (κ3) is 15.8. The first-order valence-corrected chi connectivity index (χ1v) is 24.0. The maximum absolute atomic E-state index is 13.5. The predicted octanol–water partition coefficient (Wildman–Crippen LogP) is 4.10. The van der Waals surface area contributed by atoms with Crippen LogP contribution in [0.25, 0.3) is 0 Å². The van der Waals surface area contributed by atoms with Crippen molar-refractivity contribution in [3.8, 4) is 0 Å². The smallest absolute Gasteiger partial charge is 0.309 e. The fourth-order valence-electron chi connectivity index (χ4n) is 9.88. The van der Waals surface area contributed by atoms with Crippen LogP contribution in [-0.4, -0.2) is 183 Å². The van der Waals surface area contributed by atoms with Gasteiger partial charge in [0.1, 0.15) is 42.4 Å². The average Bonchev–Trinajstić information content (AvgIpc) is 3.21. The number of aldehydes is 1. The van der Waals surface area contributed by atoms with Crippen LogP contribution in [-0.2, 0) is 66.5 Å². The Labute approximate surface area is 398 Å². The van der Waals surface area contributed by atoms with Crippen molar-refractivity contribution in [3.05, 3.63) is 24.3 Å². The number of allylic oxidation sites excluding steroid dienone is 2. The third-order valence-corrected chi connectivity index (χ3v) is 13.3. The van der Waals surface area contributed by atoms with Gasteiger partial charge in [0.2, 0.25) is 0 Å². The zero-order valence-corrected chi connectivity index (χ0v) is 42.3. The second-order valence-corrected chi connectivity index (χ2v) is 20.0. The van der Waals surface area contributed by atoms with E-state index in [9.17, 15) is 29.4 Å². The number of nitrogens with zero attached hydrogens (tertiary/aromatic N) is 2. The molecule has 18 nitrogen and oxygen atoms in total. The molecular weight excluding hydrogens is 873 g/mol. The quantitative estimate of drug-likeness (QED) is 0.143. The summed E-state index contributed by atoms with van der Waals surface area (Å²) in [5, 5.41) is 23.8. The van der Waals surface area contributed by atoms with Gasteiger partial charge in [-0.05, 0) is 93.9 Å². The van der Waals surface area contributed by atoms with Crippen molar-refractivity contribution < 1.29 is 76.8 Å². The molecule has 4 rings (SSSR count). The van der Waals surface area contributed by atoms with Crippen molar-refractivity contribution in [2.24, 2.45) is 17.8 Å². The first kappa shape index (κ1) is 56.7. The molecule has 67 heavy (non-hydrogen) atoms. The van der Waals surface area contributed by atoms with Crippen LogP contribution in [0, 0.1) is 17.8 Å². The van der Waals surface area contributed by atoms with E-state index in [1.54, 1.807) is 60.5 Å². The molecule has 0 aliphatic carbocycles. The summed E-state index contributed by atoms with van der Waals surface area (Å²) in [6, 6.07) is -0.550. The minimum atomic E-state index is -1.51. The number of methoxy groups -OCH3 is 1. The number of hydrogen-bond donors (Lipinski definition) is 2. The van der Waals surface area contributed by atoms with Gasteiger partial charge in [0.15, 0.2) is 25.0 Å². The van der Waals surface area contributed by atoms with Gasteiger partial charge in [-0.25, -0.2) is 0 Å². The lowest BCUT2D eigenvalue weighted by atomic mass is 9.82. The number of carbonyl (C=O) groups excluding carboxylic acids is 4. The summed E-state index contributed by atoms with van der Waals surface area (Å²) in [7, 11) is 9.01. The summed E-state index contributed by atoms with van der Waals surface area (Å²) in [5.74, 6) is -3.13. The highest BCUT2D eigenvalue weighted by molar-refractivity contribution is 5.72. The molecule has 1 unspecified atom stereocenters. The molecule has 0 radical (unpaired) electrons. The summed E-state index contributed by atoms with van der Waals surface area (Å²) in [5.41, 5.74) is -1.51. The standard InChI is InChI=1S/C49H82N2O16/c1-27(2)47(56)67-46-32(7)61-40(26-49(46,9)57)65-43-31(6)62-48(42(55)41(43)51(12)13)66-44-34(22-23-52)24-28(3)36(64-39-21-20-35(50(10)11)30(5)60-39)19-17-15-16-18-29(4)59-38(54)25-37(45(44)58-14)63-33(8)53/h15-17,19,23,27-32,34-37,39-46,48,55,57H,18,20-22,24-26H2,1-14H3/b16-15+,19-17+/t28-,29-,30-,31-,32+,34+,35+,36+,37-,39+,40+,41-,42-,43-,44+,45?,46+,48+,49-/m1/s1. The fraction of sp³-hybridized carbons (Fsp3) is 0.837. The molecule has 384 valence electrons. The predicted molar refractivity (Wildman–Crippen MR) is 245 cm³/mol. The van der Waals surface area contributed by atoms with Gasteiger partial charge >= 0.3 is 17.9 Å². The monoisotopic (exact) mass is 955 g/mol. The van der Waals surface area contributed by atoms with Gasteiger partial charge in [-0.2, -0.15) is 0 Å². The Kier molecular flexibility index (Phi) is 21.9. The van der Waals surface area contributed by atoms with Crippen molar-refractivity contribution in [1.82, 2.24) is 9.80 Å². The van der Waals surface area contributed by atoms with Gasteiger partial charge in [0, 0.05) is 39.3 Å². The summed E-state index contributed by atoms with van der Waals surface area (Å²) in [4.78, 5) is 55.4. The first-order valence-electron chi connectivity index (χ1n) is 24.0. The highest BCUT2D eigenvalue weighted by atomic mass is 16.7. The Bertz CT molecular complexity index is 1640. The summed E-state index contributed by atoms with van der Waals surface area (Å²) < 4.78 is 62.6. The number of aliphatic hydroxyl groups is 2. The molecule has 2 N–H and O–H groups in total. The zero-order chi connectivity index (χ0) is 49.9. The van der Waals surface area contributed by atoms with E-state index in [0.717, 1.165) is 12.7 Å². The van der Waals surface area contributed by atoms with E-state index in [1.807, 2.05) is 52.2 Å². The average molecular weight is 955 g/mol. The van der Waals surface area contributed by atoms with E-state index < -0.39 is 128 Å². The SMILES string of the molecule is COC1[C@@H](O[C@@H]2O[C@H](C)[C@@H](O[C@H]3C[C@@](C)(O)[C@@H](OC(=O)C(C)C)[C@H](C)O3)[C@H](N(C)C)[C@H]2O)[C@@H](CC=O)C[C@@H](C)[C@@H](O[C@H]2CC[C@H](N(C)C)[C@@H](C)O2)/C=C/C=C/C[C@@H](C)OC(=O)C[C@H]1OC(C)=O. The van der Waals surface area contributed by atoms with Crippen molar-refractivity contribution in [2.75, 3.05) is 35.3 Å². The molecule has 18 heteroatoms. The highest BCUT2D eigenvalue weighted by Crippen LogP contribution is 2.38. The van der Waals surface area contributed by atoms with E-state index in [0.29, 0.717) is 19.3 Å². The van der Waals surface area contributed by atoms with Crippen molar-refractivity contribution in [3.63, 3.8) is 0 Å². The topological polar surface area (TPSA) is 208 Å². The normalized spacial score (nSPS) is 41.6. The number of likely N-dealkylation sites (N-methyl/N-ethyl adjacent to an activating group) is 2. The van der Waals surface area contributed by atoms with Crippen LogP contribution in [0.15, 0.2) is 24.3 Å². The Morgan fingerprint density at radius 3 is 2.16 bits per heavy atom. The number of ether oxygens (including phenoxy) is 10. The molecule has 0 bridgehead atoms. The van der Waals surface area contributed by atoms with Crippen LogP contribution < -0.4 is 0 Å². The van der Waals surface area contributed by atoms with Gasteiger partial charge in [0.05, 0.1) is 48.9 Å². The van der Waals surface area contributed by atoms with Crippen LogP contribution in [0.4, 0.5) is 0 Å². The summed E-state index contributed by atoms with van der Waals surface area (Å²) >= 11 is 0. The Hall–Kier alpha value is -2.88. The summed E-state index contributed by atoms with van der Waals surface area (Å²) in [6.45, 7) is 15.5. The molecule has 0 aromatic carbocycles. The van der Waals surface area contributed by atoms with E-state index in [-0.39, 0.29) is 30.9 Å². The minimum Gasteiger partial charge on any atom is -0.462 e. The molecule has 0 amide bonds. The number of cyclic esters (lactones) is 1. The lowest BCUT2D eigenvalue weighted by Crippen LogP contribution is -2.66. The fourth-order valence-corrected chi connectivity index (χ4v) is 9.88. The molecule has 0 spiro atoms. The third-order valence-electron chi connectivity index (χ3n) is 13.3. The van der Waals surface area contributed by atoms with Crippen LogP contribution in [0.2, 0.25) is 0 Å². The van der Waals surface area contributed by atoms with Gasteiger partial charge in [-0.1, -0.05) is 45.1 Å². The first-order chi connectivity index (χ1) is 31.5. The number of aliphatic hydroxyl groups excluding tert-OH is 1. The second-order valence-electron chi connectivity index (χ2n) is 20.0. The Balaban J connectivity index is 1.70. The molecule has 4 aliphatic heterocycles. The zero-order valence-electron chi connectivity index (χ0n) is 42.3.